The number of hydrogen-bond donors (Lipinski definition) is 1. The van der Waals surface area contributed by atoms with Crippen LogP contribution in [-0.2, 0) is 13.1 Å². The number of thiocarbonyl (C=S) groups is 1. The van der Waals surface area contributed by atoms with Gasteiger partial charge < -0.3 is 5.73 Å². The Morgan fingerprint density at radius 3 is 2.71 bits per heavy atom. The number of benzene rings is 1. The molecule has 21 heavy (non-hydrogen) atoms. The molecule has 2 N–H and O–H groups in total. The molecule has 0 atom stereocenters. The van der Waals surface area contributed by atoms with Gasteiger partial charge in [0.05, 0.1) is 16.2 Å². The number of likely N-dealkylation sites (tertiary alicyclic amines) is 1. The number of piperidine rings is 1. The molecule has 1 aliphatic rings. The van der Waals surface area contributed by atoms with E-state index in [1.807, 2.05) is 0 Å². The van der Waals surface area contributed by atoms with Gasteiger partial charge in [0.15, 0.2) is 0 Å². The maximum Gasteiger partial charge on any atom is 0.0843 e. The summed E-state index contributed by atoms with van der Waals surface area (Å²) in [5, 5.41) is 6.05. The Kier molecular flexibility index (Phi) is 4.22. The Morgan fingerprint density at radius 1 is 1.33 bits per heavy atom. The van der Waals surface area contributed by atoms with Gasteiger partial charge >= 0.3 is 0 Å². The van der Waals surface area contributed by atoms with Gasteiger partial charge in [-0.2, -0.15) is 5.10 Å². The van der Waals surface area contributed by atoms with Gasteiger partial charge in [-0.3, -0.25) is 9.58 Å². The second-order valence-corrected chi connectivity index (χ2v) is 6.20. The number of hydrogen-bond acceptors (Lipinski definition) is 3. The molecule has 5 heteroatoms. The van der Waals surface area contributed by atoms with Crippen molar-refractivity contribution in [3.8, 4) is 0 Å². The molecule has 0 unspecified atom stereocenters. The molecule has 3 rings (SSSR count). The van der Waals surface area contributed by atoms with Crippen molar-refractivity contribution in [3.05, 3.63) is 30.0 Å². The summed E-state index contributed by atoms with van der Waals surface area (Å²) in [7, 11) is 0. The highest BCUT2D eigenvalue weighted by Crippen LogP contribution is 2.23. The number of aryl methyl sites for hydroxylation is 1. The molecule has 1 aromatic carbocycles. The summed E-state index contributed by atoms with van der Waals surface area (Å²) in [5.41, 5.74) is 8.17. The molecule has 1 fully saturated rings. The molecular formula is C16H22N4S. The SMILES string of the molecule is CCn1nc(CN2CCC(C(N)=S)CC2)c2ccccc21. The maximum atomic E-state index is 5.76. The molecule has 0 aliphatic carbocycles. The van der Waals surface area contributed by atoms with Crippen molar-refractivity contribution in [3.63, 3.8) is 0 Å². The summed E-state index contributed by atoms with van der Waals surface area (Å²) in [6.45, 7) is 6.06. The first-order valence-electron chi connectivity index (χ1n) is 7.65. The first-order valence-corrected chi connectivity index (χ1v) is 8.06. The van der Waals surface area contributed by atoms with Gasteiger partial charge in [-0.05, 0) is 38.9 Å². The van der Waals surface area contributed by atoms with E-state index in [2.05, 4.69) is 40.8 Å². The molecule has 0 amide bonds. The van der Waals surface area contributed by atoms with Crippen molar-refractivity contribution >= 4 is 28.1 Å². The van der Waals surface area contributed by atoms with Crippen molar-refractivity contribution < 1.29 is 0 Å². The van der Waals surface area contributed by atoms with Crippen molar-refractivity contribution in [2.45, 2.75) is 32.9 Å². The third kappa shape index (κ3) is 2.94. The van der Waals surface area contributed by atoms with Crippen molar-refractivity contribution in [1.82, 2.24) is 14.7 Å². The summed E-state index contributed by atoms with van der Waals surface area (Å²) >= 11 is 5.11. The van der Waals surface area contributed by atoms with Crippen molar-refractivity contribution in [1.29, 1.82) is 0 Å². The highest BCUT2D eigenvalue weighted by atomic mass is 32.1. The summed E-state index contributed by atoms with van der Waals surface area (Å²) in [5.74, 6) is 0.418. The van der Waals surface area contributed by atoms with E-state index in [9.17, 15) is 0 Å². The molecule has 1 aromatic heterocycles. The lowest BCUT2D eigenvalue weighted by atomic mass is 9.97. The minimum absolute atomic E-state index is 0.418. The Bertz CT molecular complexity index is 641. The summed E-state index contributed by atoms with van der Waals surface area (Å²) in [6.07, 6.45) is 2.14. The molecule has 112 valence electrons. The fourth-order valence-electron chi connectivity index (χ4n) is 3.14. The number of nitrogens with zero attached hydrogens (tertiary/aromatic N) is 3. The van der Waals surface area contributed by atoms with Crippen molar-refractivity contribution in [2.75, 3.05) is 13.1 Å². The fraction of sp³-hybridized carbons (Fsp3) is 0.500. The summed E-state index contributed by atoms with van der Waals surface area (Å²) in [6, 6.07) is 8.49. The van der Waals surface area contributed by atoms with E-state index in [1.165, 1.54) is 16.6 Å². The van der Waals surface area contributed by atoms with Crippen LogP contribution in [0.25, 0.3) is 10.9 Å². The first kappa shape index (κ1) is 14.5. The van der Waals surface area contributed by atoms with E-state index in [1.54, 1.807) is 0 Å². The van der Waals surface area contributed by atoms with E-state index in [0.717, 1.165) is 39.0 Å². The molecule has 2 aromatic rings. The Morgan fingerprint density at radius 2 is 2.05 bits per heavy atom. The minimum Gasteiger partial charge on any atom is -0.393 e. The zero-order valence-electron chi connectivity index (χ0n) is 12.5. The van der Waals surface area contributed by atoms with Crippen LogP contribution in [0.3, 0.4) is 0 Å². The largest absolute Gasteiger partial charge is 0.393 e. The van der Waals surface area contributed by atoms with Gasteiger partial charge in [0.2, 0.25) is 0 Å². The second kappa shape index (κ2) is 6.12. The van der Waals surface area contributed by atoms with Crippen LogP contribution in [0.5, 0.6) is 0 Å². The van der Waals surface area contributed by atoms with Crippen LogP contribution in [0.2, 0.25) is 0 Å². The molecule has 0 radical (unpaired) electrons. The van der Waals surface area contributed by atoms with Gasteiger partial charge in [-0.1, -0.05) is 30.4 Å². The van der Waals surface area contributed by atoms with Crippen LogP contribution in [-0.4, -0.2) is 32.8 Å². The third-order valence-electron chi connectivity index (χ3n) is 4.40. The van der Waals surface area contributed by atoms with Gasteiger partial charge in [0.25, 0.3) is 0 Å². The average molecular weight is 302 g/mol. The lowest BCUT2D eigenvalue weighted by Crippen LogP contribution is -2.37. The van der Waals surface area contributed by atoms with Crippen LogP contribution in [0, 0.1) is 5.92 Å². The number of fused-ring (bicyclic) bond motifs is 1. The normalized spacial score (nSPS) is 17.4. The smallest absolute Gasteiger partial charge is 0.0843 e. The van der Waals surface area contributed by atoms with Gasteiger partial charge in [-0.25, -0.2) is 0 Å². The topological polar surface area (TPSA) is 47.1 Å². The first-order chi connectivity index (χ1) is 10.2. The molecular weight excluding hydrogens is 280 g/mol. The number of aromatic nitrogens is 2. The quantitative estimate of drug-likeness (QED) is 0.882. The van der Waals surface area contributed by atoms with Crippen LogP contribution < -0.4 is 5.73 Å². The van der Waals surface area contributed by atoms with Crippen LogP contribution in [0.1, 0.15) is 25.5 Å². The molecule has 1 aliphatic heterocycles. The van der Waals surface area contributed by atoms with Crippen LogP contribution >= 0.6 is 12.2 Å². The monoisotopic (exact) mass is 302 g/mol. The van der Waals surface area contributed by atoms with Gasteiger partial charge in [0, 0.05) is 24.4 Å². The minimum atomic E-state index is 0.418. The molecule has 1 saturated heterocycles. The number of para-hydroxylation sites is 1. The van der Waals surface area contributed by atoms with Gasteiger partial charge in [0.1, 0.15) is 0 Å². The average Bonchev–Trinajstić information content (AvgIpc) is 2.86. The second-order valence-electron chi connectivity index (χ2n) is 5.73. The van der Waals surface area contributed by atoms with Crippen LogP contribution in [0.15, 0.2) is 24.3 Å². The molecule has 4 nitrogen and oxygen atoms in total. The van der Waals surface area contributed by atoms with Crippen molar-refractivity contribution in [2.24, 2.45) is 11.7 Å². The standard InChI is InChI=1S/C16H22N4S/c1-2-20-15-6-4-3-5-13(15)14(18-20)11-19-9-7-12(8-10-19)16(17)21/h3-6,12H,2,7-11H2,1H3,(H2,17,21). The zero-order chi connectivity index (χ0) is 14.8. The molecule has 0 spiro atoms. The van der Waals surface area contributed by atoms with E-state index in [-0.39, 0.29) is 0 Å². The lowest BCUT2D eigenvalue weighted by molar-refractivity contribution is 0.200. The van der Waals surface area contributed by atoms with E-state index in [0.29, 0.717) is 10.9 Å². The fourth-order valence-corrected chi connectivity index (χ4v) is 3.38. The van der Waals surface area contributed by atoms with Crippen LogP contribution in [0.4, 0.5) is 0 Å². The predicted octanol–water partition coefficient (Wildman–Crippen LogP) is 2.55. The highest BCUT2D eigenvalue weighted by Gasteiger charge is 2.22. The molecule has 0 saturated carbocycles. The van der Waals surface area contributed by atoms with E-state index < -0.39 is 0 Å². The number of rotatable bonds is 4. The molecule has 2 heterocycles. The maximum absolute atomic E-state index is 5.76. The predicted molar refractivity (Wildman–Crippen MR) is 90.2 cm³/mol. The van der Waals surface area contributed by atoms with E-state index >= 15 is 0 Å². The molecule has 0 bridgehead atoms. The summed E-state index contributed by atoms with van der Waals surface area (Å²) in [4.78, 5) is 3.14. The Balaban J connectivity index is 1.75. The lowest BCUT2D eigenvalue weighted by Gasteiger charge is -2.30. The highest BCUT2D eigenvalue weighted by molar-refractivity contribution is 7.80. The summed E-state index contributed by atoms with van der Waals surface area (Å²) < 4.78 is 2.09. The Labute approximate surface area is 130 Å². The van der Waals surface area contributed by atoms with Gasteiger partial charge in [-0.15, -0.1) is 0 Å². The van der Waals surface area contributed by atoms with E-state index in [4.69, 9.17) is 23.1 Å². The zero-order valence-corrected chi connectivity index (χ0v) is 13.3. The third-order valence-corrected chi connectivity index (χ3v) is 4.73. The Hall–Kier alpha value is -1.46. The number of nitrogens with two attached hydrogens (primary N) is 1.